The second-order valence-corrected chi connectivity index (χ2v) is 29.7. The summed E-state index contributed by atoms with van der Waals surface area (Å²) in [6, 6.07) is 58.4. The van der Waals surface area contributed by atoms with Crippen molar-refractivity contribution in [1.29, 1.82) is 0 Å². The molecule has 0 bridgehead atoms. The molecule has 6 aliphatic rings. The molecule has 1 fully saturated rings. The number of hydrogen-bond acceptors (Lipinski definition) is 5. The van der Waals surface area contributed by atoms with E-state index in [2.05, 4.69) is 230 Å². The van der Waals surface area contributed by atoms with Gasteiger partial charge in [-0.2, -0.15) is 0 Å². The Morgan fingerprint density at radius 3 is 1.67 bits per heavy atom. The average Bonchev–Trinajstić information content (AvgIpc) is 3.20. The zero-order chi connectivity index (χ0) is 53.2. The number of rotatable bonds is 3. The monoisotopic (exact) mass is 1050 g/mol. The Labute approximate surface area is 470 Å². The number of fused-ring (bicyclic) bond motifs is 16. The molecule has 6 heteroatoms. The van der Waals surface area contributed by atoms with Gasteiger partial charge in [-0.05, 0) is 166 Å². The molecule has 78 heavy (non-hydrogen) atoms. The molecule has 8 aromatic carbocycles. The van der Waals surface area contributed by atoms with Crippen LogP contribution in [0.2, 0.25) is 0 Å². The molecule has 2 atom stereocenters. The van der Waals surface area contributed by atoms with E-state index in [9.17, 15) is 0 Å². The largest absolute Gasteiger partial charge is 0.334 e. The van der Waals surface area contributed by atoms with E-state index >= 15 is 0 Å². The summed E-state index contributed by atoms with van der Waals surface area (Å²) < 4.78 is 5.37. The van der Waals surface area contributed by atoms with Gasteiger partial charge in [0.1, 0.15) is 0 Å². The summed E-state index contributed by atoms with van der Waals surface area (Å²) >= 11 is 3.94. The first-order valence-electron chi connectivity index (χ1n) is 29.3. The molecule has 0 saturated heterocycles. The quantitative estimate of drug-likeness (QED) is 0.163. The molecule has 3 nitrogen and oxygen atoms in total. The lowest BCUT2D eigenvalue weighted by Gasteiger charge is -2.51. The van der Waals surface area contributed by atoms with Gasteiger partial charge in [-0.1, -0.05) is 166 Å². The highest BCUT2D eigenvalue weighted by molar-refractivity contribution is 7.27. The van der Waals surface area contributed by atoms with E-state index < -0.39 is 0 Å². The highest BCUT2D eigenvalue weighted by Crippen LogP contribution is 2.63. The molecule has 3 aliphatic heterocycles. The van der Waals surface area contributed by atoms with Crippen molar-refractivity contribution in [3.05, 3.63) is 173 Å². The van der Waals surface area contributed by atoms with E-state index in [1.807, 2.05) is 22.7 Å². The lowest BCUT2D eigenvalue weighted by atomic mass is 9.33. The number of thiophene rings is 2. The average molecular weight is 1050 g/mol. The van der Waals surface area contributed by atoms with Crippen molar-refractivity contribution >= 4 is 132 Å². The van der Waals surface area contributed by atoms with Crippen molar-refractivity contribution < 1.29 is 0 Å². The zero-order valence-corrected chi connectivity index (χ0v) is 48.9. The van der Waals surface area contributed by atoms with Crippen molar-refractivity contribution in [3.63, 3.8) is 0 Å². The highest BCUT2D eigenvalue weighted by Gasteiger charge is 2.58. The van der Waals surface area contributed by atoms with E-state index in [1.54, 1.807) is 0 Å². The summed E-state index contributed by atoms with van der Waals surface area (Å²) in [5.74, 6) is 0. The summed E-state index contributed by atoms with van der Waals surface area (Å²) in [5, 5.41) is 5.34. The van der Waals surface area contributed by atoms with Gasteiger partial charge in [0.25, 0.3) is 6.71 Å². The van der Waals surface area contributed by atoms with Gasteiger partial charge in [0.15, 0.2) is 0 Å². The van der Waals surface area contributed by atoms with Crippen LogP contribution in [0, 0.1) is 0 Å². The predicted molar refractivity (Wildman–Crippen MR) is 340 cm³/mol. The van der Waals surface area contributed by atoms with Gasteiger partial charge in [0.05, 0.1) is 26.3 Å². The molecule has 16 rings (SSSR count). The number of nitrogens with zero attached hydrogens (tertiary/aromatic N) is 3. The van der Waals surface area contributed by atoms with Crippen molar-refractivity contribution in [2.75, 3.05) is 14.7 Å². The van der Waals surface area contributed by atoms with Crippen molar-refractivity contribution in [2.24, 2.45) is 0 Å². The Kier molecular flexibility index (Phi) is 9.61. The molecule has 0 radical (unpaired) electrons. The predicted octanol–water partition coefficient (Wildman–Crippen LogP) is 18.9. The van der Waals surface area contributed by atoms with Crippen LogP contribution in [0.5, 0.6) is 0 Å². The molecule has 0 spiro atoms. The summed E-state index contributed by atoms with van der Waals surface area (Å²) in [6.45, 7) is 25.2. The van der Waals surface area contributed by atoms with Crippen LogP contribution in [-0.4, -0.2) is 12.3 Å². The lowest BCUT2D eigenvalue weighted by molar-refractivity contribution is 0.195. The third-order valence-electron chi connectivity index (χ3n) is 21.5. The molecule has 0 N–H and O–H groups in total. The molecule has 0 amide bonds. The van der Waals surface area contributed by atoms with Crippen molar-refractivity contribution in [3.8, 4) is 0 Å². The van der Waals surface area contributed by atoms with Gasteiger partial charge in [-0.3, -0.25) is 0 Å². The minimum atomic E-state index is -0.134. The van der Waals surface area contributed by atoms with E-state index in [0.29, 0.717) is 0 Å². The van der Waals surface area contributed by atoms with Gasteiger partial charge < -0.3 is 14.7 Å². The first-order valence-corrected chi connectivity index (χ1v) is 30.9. The molecular formula is C72H70BN3S2. The number of benzene rings is 8. The number of para-hydroxylation sites is 1. The van der Waals surface area contributed by atoms with Crippen LogP contribution >= 0.6 is 22.7 Å². The number of hydrogen-bond donors (Lipinski definition) is 0. The highest BCUT2D eigenvalue weighted by atomic mass is 32.1. The second kappa shape index (κ2) is 15.7. The third kappa shape index (κ3) is 6.17. The van der Waals surface area contributed by atoms with Crippen LogP contribution in [0.1, 0.15) is 148 Å². The van der Waals surface area contributed by atoms with Crippen molar-refractivity contribution in [2.45, 2.75) is 153 Å². The van der Waals surface area contributed by atoms with Crippen LogP contribution in [-0.2, 0) is 27.1 Å². The normalized spacial score (nSPS) is 22.7. The Hall–Kier alpha value is -6.34. The van der Waals surface area contributed by atoms with Crippen molar-refractivity contribution in [1.82, 2.24) is 0 Å². The lowest BCUT2D eigenvalue weighted by Crippen LogP contribution is -2.62. The molecule has 3 aliphatic carbocycles. The minimum absolute atomic E-state index is 0.00365. The molecule has 388 valence electrons. The summed E-state index contributed by atoms with van der Waals surface area (Å²) in [6.07, 6.45) is 9.51. The summed E-state index contributed by atoms with van der Waals surface area (Å²) in [7, 11) is 0. The van der Waals surface area contributed by atoms with Gasteiger partial charge >= 0.3 is 0 Å². The van der Waals surface area contributed by atoms with E-state index in [1.165, 1.54) is 175 Å². The maximum absolute atomic E-state index is 2.85. The maximum Gasteiger partial charge on any atom is 0.252 e. The van der Waals surface area contributed by atoms with E-state index in [0.717, 1.165) is 6.42 Å². The van der Waals surface area contributed by atoms with Crippen LogP contribution in [0.4, 0.5) is 45.5 Å². The smallest absolute Gasteiger partial charge is 0.252 e. The maximum atomic E-state index is 2.85. The van der Waals surface area contributed by atoms with Gasteiger partial charge in [-0.15, -0.1) is 22.7 Å². The van der Waals surface area contributed by atoms with Crippen LogP contribution in [0.25, 0.3) is 40.3 Å². The number of anilines is 8. The van der Waals surface area contributed by atoms with Gasteiger partial charge in [0.2, 0.25) is 0 Å². The molecule has 1 saturated carbocycles. The van der Waals surface area contributed by atoms with Crippen LogP contribution in [0.3, 0.4) is 0 Å². The van der Waals surface area contributed by atoms with Crippen LogP contribution < -0.4 is 31.1 Å². The molecular weight excluding hydrogens is 982 g/mol. The Morgan fingerprint density at radius 2 is 0.949 bits per heavy atom. The SMILES string of the molecule is CC1(C)CCC(C)(C)c2cc(N3c4cc5c(cc4B4c6ccc7c(sc8ccccc87)c6N(c6cccc7c6sc6ccccc67)c6cc(N7c8ccccc8C8(C)CCCCC78C)cc3c64)C(C)(C)CCC5(C)C)ccc21. The zero-order valence-electron chi connectivity index (χ0n) is 47.2. The van der Waals surface area contributed by atoms with Crippen LogP contribution in [0.15, 0.2) is 146 Å². The minimum Gasteiger partial charge on any atom is -0.334 e. The Balaban J connectivity index is 1.09. The first kappa shape index (κ1) is 47.6. The third-order valence-corrected chi connectivity index (χ3v) is 23.9. The molecule has 2 aromatic heterocycles. The molecule has 2 unspecified atom stereocenters. The van der Waals surface area contributed by atoms with Gasteiger partial charge in [0, 0.05) is 70.5 Å². The topological polar surface area (TPSA) is 9.72 Å². The molecule has 10 aromatic rings. The molecule has 5 heterocycles. The fraction of sp³-hybridized carbons (Fsp3) is 0.333. The fourth-order valence-corrected chi connectivity index (χ4v) is 19.1. The standard InChI is InChI=1S/C72H70BN3S2/c1-67(2)34-35-68(3,4)51-38-43(28-30-49(51)67)74-58-42-53-52(69(5,6)36-37-70(53,7)8)41-55(58)73-54-31-29-48-46-21-12-16-27-62(46)78-66(48)64(54)75(57-25-19-22-47-45-20-11-15-26-61(45)77-65(47)57)60-40-44(39-59(74)63(60)73)76-56-24-14-13-23-50(56)71(9)32-17-18-33-72(71,76)10/h11-16,19-31,38-42H,17-18,32-37H2,1-10H3. The second-order valence-electron chi connectivity index (χ2n) is 27.6. The van der Waals surface area contributed by atoms with E-state index in [-0.39, 0.29) is 39.3 Å². The Bertz CT molecular complexity index is 4260. The summed E-state index contributed by atoms with van der Waals surface area (Å²) in [4.78, 5) is 8.43. The first-order chi connectivity index (χ1) is 37.4. The Morgan fingerprint density at radius 1 is 0.385 bits per heavy atom. The fourth-order valence-electron chi connectivity index (χ4n) is 16.7. The van der Waals surface area contributed by atoms with E-state index in [4.69, 9.17) is 0 Å². The van der Waals surface area contributed by atoms with Gasteiger partial charge in [-0.25, -0.2) is 0 Å². The summed E-state index contributed by atoms with van der Waals surface area (Å²) in [5.41, 5.74) is 22.3.